The van der Waals surface area contributed by atoms with Crippen molar-refractivity contribution in [3.05, 3.63) is 92.9 Å². The van der Waals surface area contributed by atoms with Crippen LogP contribution in [0.3, 0.4) is 0 Å². The number of halogens is 2. The third kappa shape index (κ3) is 4.35. The van der Waals surface area contributed by atoms with Crippen molar-refractivity contribution in [3.63, 3.8) is 0 Å². The number of nitrogens with one attached hydrogen (secondary N) is 1. The van der Waals surface area contributed by atoms with Crippen molar-refractivity contribution >= 4 is 58.2 Å². The first-order chi connectivity index (χ1) is 15.4. The summed E-state index contributed by atoms with van der Waals surface area (Å²) in [6, 6.07) is 19.5. The highest BCUT2D eigenvalue weighted by molar-refractivity contribution is 8.04. The van der Waals surface area contributed by atoms with Crippen molar-refractivity contribution in [2.24, 2.45) is 0 Å². The molecule has 0 saturated carbocycles. The number of carbonyl (C=O) groups excluding carboxylic acids is 2. The summed E-state index contributed by atoms with van der Waals surface area (Å²) >= 11 is 13.5. The number of hydrogen-bond donors (Lipinski definition) is 1. The molecule has 0 atom stereocenters. The minimum atomic E-state index is -0.453. The van der Waals surface area contributed by atoms with Crippen molar-refractivity contribution in [2.75, 3.05) is 17.3 Å². The van der Waals surface area contributed by atoms with E-state index in [-0.39, 0.29) is 5.70 Å². The second kappa shape index (κ2) is 9.28. The first-order valence-electron chi connectivity index (χ1n) is 9.61. The number of aryl methyl sites for hydroxylation is 1. The molecule has 5 nitrogen and oxygen atoms in total. The van der Waals surface area contributed by atoms with E-state index in [1.807, 2.05) is 30.3 Å². The van der Waals surface area contributed by atoms with E-state index >= 15 is 0 Å². The minimum absolute atomic E-state index is 0.180. The number of imide groups is 1. The number of anilines is 2. The summed E-state index contributed by atoms with van der Waals surface area (Å²) < 4.78 is 5.19. The molecule has 0 spiro atoms. The van der Waals surface area contributed by atoms with Crippen molar-refractivity contribution in [2.45, 2.75) is 11.8 Å². The van der Waals surface area contributed by atoms with E-state index < -0.39 is 11.8 Å². The molecule has 162 valence electrons. The maximum atomic E-state index is 13.4. The molecule has 4 rings (SSSR count). The SMILES string of the molecule is COc1ccc(NC2=C(Sc3ccccc3)C(=O)N(c3ccc(Cl)cc3C)C2=O)cc1Cl. The van der Waals surface area contributed by atoms with E-state index in [0.717, 1.165) is 10.5 Å². The Hall–Kier alpha value is -2.93. The first kappa shape index (κ1) is 22.3. The Labute approximate surface area is 200 Å². The molecule has 0 unspecified atom stereocenters. The van der Waals surface area contributed by atoms with Gasteiger partial charge in [0.1, 0.15) is 16.4 Å². The van der Waals surface area contributed by atoms with Crippen molar-refractivity contribution < 1.29 is 14.3 Å². The molecule has 0 aliphatic carbocycles. The highest BCUT2D eigenvalue weighted by Gasteiger charge is 2.40. The van der Waals surface area contributed by atoms with Gasteiger partial charge in [0.05, 0.1) is 17.8 Å². The Bertz CT molecular complexity index is 1250. The third-order valence-corrected chi connectivity index (χ3v) is 6.45. The number of nitrogens with zero attached hydrogens (tertiary/aromatic N) is 1. The molecule has 0 aromatic heterocycles. The number of benzene rings is 3. The second-order valence-corrected chi connectivity index (χ2v) is 8.90. The molecule has 0 saturated heterocycles. The zero-order valence-corrected chi connectivity index (χ0v) is 19.5. The van der Waals surface area contributed by atoms with Gasteiger partial charge in [0.25, 0.3) is 11.8 Å². The molecule has 1 aliphatic rings. The molecule has 1 aliphatic heterocycles. The summed E-state index contributed by atoms with van der Waals surface area (Å²) in [5.41, 5.74) is 1.95. The average molecular weight is 485 g/mol. The van der Waals surface area contributed by atoms with E-state index in [1.54, 1.807) is 43.3 Å². The van der Waals surface area contributed by atoms with Gasteiger partial charge in [-0.2, -0.15) is 0 Å². The predicted molar refractivity (Wildman–Crippen MR) is 130 cm³/mol. The fourth-order valence-electron chi connectivity index (χ4n) is 3.30. The van der Waals surface area contributed by atoms with Gasteiger partial charge in [-0.3, -0.25) is 9.59 Å². The van der Waals surface area contributed by atoms with Gasteiger partial charge in [0.15, 0.2) is 0 Å². The summed E-state index contributed by atoms with van der Waals surface area (Å²) in [5, 5.41) is 4.01. The standard InChI is InChI=1S/C24H18Cl2N2O3S/c1-14-12-15(25)8-10-19(14)28-23(29)21(27-16-9-11-20(31-2)18(26)13-16)22(24(28)30)32-17-6-4-3-5-7-17/h3-13,27H,1-2H3. The lowest BCUT2D eigenvalue weighted by molar-refractivity contribution is -0.120. The molecule has 8 heteroatoms. The summed E-state index contributed by atoms with van der Waals surface area (Å²) in [7, 11) is 1.52. The summed E-state index contributed by atoms with van der Waals surface area (Å²) in [4.78, 5) is 29.2. The molecule has 0 fully saturated rings. The second-order valence-electron chi connectivity index (χ2n) is 6.97. The molecule has 3 aromatic rings. The van der Waals surface area contributed by atoms with Crippen molar-refractivity contribution in [1.29, 1.82) is 0 Å². The lowest BCUT2D eigenvalue weighted by atomic mass is 10.2. The number of carbonyl (C=O) groups is 2. The predicted octanol–water partition coefficient (Wildman–Crippen LogP) is 6.30. The molecule has 1 N–H and O–H groups in total. The largest absolute Gasteiger partial charge is 0.495 e. The zero-order valence-electron chi connectivity index (χ0n) is 17.2. The van der Waals surface area contributed by atoms with E-state index in [1.165, 1.54) is 23.8 Å². The van der Waals surface area contributed by atoms with Crippen LogP contribution in [0.2, 0.25) is 10.0 Å². The molecule has 32 heavy (non-hydrogen) atoms. The Kier molecular flexibility index (Phi) is 6.46. The van der Waals surface area contributed by atoms with Gasteiger partial charge in [0.2, 0.25) is 0 Å². The van der Waals surface area contributed by atoms with E-state index in [0.29, 0.717) is 32.1 Å². The first-order valence-corrected chi connectivity index (χ1v) is 11.2. The monoisotopic (exact) mass is 484 g/mol. The van der Waals surface area contributed by atoms with Crippen LogP contribution in [-0.4, -0.2) is 18.9 Å². The fourth-order valence-corrected chi connectivity index (χ4v) is 4.73. The van der Waals surface area contributed by atoms with Gasteiger partial charge in [-0.15, -0.1) is 0 Å². The van der Waals surface area contributed by atoms with E-state index in [4.69, 9.17) is 27.9 Å². The van der Waals surface area contributed by atoms with Crippen LogP contribution < -0.4 is 15.0 Å². The minimum Gasteiger partial charge on any atom is -0.495 e. The quantitative estimate of drug-likeness (QED) is 0.416. The van der Waals surface area contributed by atoms with Crippen LogP contribution in [0.5, 0.6) is 5.75 Å². The van der Waals surface area contributed by atoms with E-state index in [2.05, 4.69) is 5.32 Å². The molecule has 2 amide bonds. The Balaban J connectivity index is 1.76. The topological polar surface area (TPSA) is 58.6 Å². The fraction of sp³-hybridized carbons (Fsp3) is 0.0833. The van der Waals surface area contributed by atoms with Crippen LogP contribution in [0, 0.1) is 6.92 Å². The zero-order chi connectivity index (χ0) is 22.8. The Morgan fingerprint density at radius 3 is 2.34 bits per heavy atom. The molecule has 1 heterocycles. The maximum Gasteiger partial charge on any atom is 0.283 e. The van der Waals surface area contributed by atoms with Crippen LogP contribution in [0.25, 0.3) is 0 Å². The van der Waals surface area contributed by atoms with Crippen LogP contribution >= 0.6 is 35.0 Å². The highest BCUT2D eigenvalue weighted by Crippen LogP contribution is 2.39. The average Bonchev–Trinajstić information content (AvgIpc) is 2.99. The number of methoxy groups -OCH3 is 1. The summed E-state index contributed by atoms with van der Waals surface area (Å²) in [5.74, 6) is -0.348. The molecule has 0 radical (unpaired) electrons. The normalized spacial score (nSPS) is 13.7. The lowest BCUT2D eigenvalue weighted by Crippen LogP contribution is -2.32. The van der Waals surface area contributed by atoms with E-state index in [9.17, 15) is 9.59 Å². The Morgan fingerprint density at radius 2 is 1.69 bits per heavy atom. The van der Waals surface area contributed by atoms with Crippen LogP contribution in [0.4, 0.5) is 11.4 Å². The smallest absolute Gasteiger partial charge is 0.283 e. The van der Waals surface area contributed by atoms with Crippen LogP contribution in [-0.2, 0) is 9.59 Å². The third-order valence-electron chi connectivity index (χ3n) is 4.83. The number of amides is 2. The maximum absolute atomic E-state index is 13.4. The van der Waals surface area contributed by atoms with Gasteiger partial charge >= 0.3 is 0 Å². The number of hydrogen-bond acceptors (Lipinski definition) is 5. The highest BCUT2D eigenvalue weighted by atomic mass is 35.5. The summed E-state index contributed by atoms with van der Waals surface area (Å²) in [6.45, 7) is 1.81. The van der Waals surface area contributed by atoms with Gasteiger partial charge < -0.3 is 10.1 Å². The van der Waals surface area contributed by atoms with Crippen LogP contribution in [0.1, 0.15) is 5.56 Å². The molecular formula is C24H18Cl2N2O3S. The molecular weight excluding hydrogens is 467 g/mol. The molecule has 0 bridgehead atoms. The van der Waals surface area contributed by atoms with Gasteiger partial charge in [-0.25, -0.2) is 4.90 Å². The van der Waals surface area contributed by atoms with Crippen molar-refractivity contribution in [3.8, 4) is 5.75 Å². The van der Waals surface area contributed by atoms with Gasteiger partial charge in [-0.1, -0.05) is 53.2 Å². The number of ether oxygens (including phenoxy) is 1. The lowest BCUT2D eigenvalue weighted by Gasteiger charge is -2.18. The molecule has 3 aromatic carbocycles. The van der Waals surface area contributed by atoms with Crippen molar-refractivity contribution in [1.82, 2.24) is 0 Å². The summed E-state index contributed by atoms with van der Waals surface area (Å²) in [6.07, 6.45) is 0. The van der Waals surface area contributed by atoms with Gasteiger partial charge in [0, 0.05) is 15.6 Å². The van der Waals surface area contributed by atoms with Crippen LogP contribution in [0.15, 0.2) is 82.2 Å². The number of thioether (sulfide) groups is 1. The Morgan fingerprint density at radius 1 is 0.938 bits per heavy atom. The van der Waals surface area contributed by atoms with Gasteiger partial charge in [-0.05, 0) is 61.0 Å². The number of rotatable bonds is 6.